The van der Waals surface area contributed by atoms with Crippen molar-refractivity contribution in [1.29, 1.82) is 0 Å². The Kier molecular flexibility index (Phi) is 2.81. The molecule has 0 amide bonds. The second-order valence-corrected chi connectivity index (χ2v) is 3.49. The van der Waals surface area contributed by atoms with Crippen LogP contribution in [0.5, 0.6) is 0 Å². The molecule has 1 aromatic heterocycles. The van der Waals surface area contributed by atoms with Crippen molar-refractivity contribution in [2.24, 2.45) is 0 Å². The van der Waals surface area contributed by atoms with Crippen LogP contribution in [-0.2, 0) is 16.0 Å². The lowest BCUT2D eigenvalue weighted by molar-refractivity contribution is -0.142. The van der Waals surface area contributed by atoms with Crippen molar-refractivity contribution in [3.05, 3.63) is 36.0 Å². The standard InChI is InChI=1S/C12H13NO3/c1-2-16-12(14)8-10-7-9-5-3-4-6-11(9)13(10)15/h3-7,15H,2,8H2,1H3. The zero-order chi connectivity index (χ0) is 11.5. The van der Waals surface area contributed by atoms with E-state index in [4.69, 9.17) is 4.74 Å². The average Bonchev–Trinajstić information content (AvgIpc) is 2.57. The van der Waals surface area contributed by atoms with E-state index in [2.05, 4.69) is 0 Å². The minimum Gasteiger partial charge on any atom is -0.466 e. The summed E-state index contributed by atoms with van der Waals surface area (Å²) in [7, 11) is 0. The molecule has 0 aliphatic rings. The normalized spacial score (nSPS) is 10.6. The Balaban J connectivity index is 2.31. The molecule has 0 fully saturated rings. The summed E-state index contributed by atoms with van der Waals surface area (Å²) < 4.78 is 5.87. The van der Waals surface area contributed by atoms with Crippen molar-refractivity contribution in [3.63, 3.8) is 0 Å². The van der Waals surface area contributed by atoms with E-state index in [-0.39, 0.29) is 12.4 Å². The minimum atomic E-state index is -0.333. The maximum atomic E-state index is 11.3. The lowest BCUT2D eigenvalue weighted by Gasteiger charge is -2.02. The molecule has 0 spiro atoms. The van der Waals surface area contributed by atoms with Crippen molar-refractivity contribution in [1.82, 2.24) is 4.73 Å². The topological polar surface area (TPSA) is 51.5 Å². The number of fused-ring (bicyclic) bond motifs is 1. The minimum absolute atomic E-state index is 0.0824. The van der Waals surface area contributed by atoms with Crippen LogP contribution in [0.25, 0.3) is 10.9 Å². The summed E-state index contributed by atoms with van der Waals surface area (Å²) in [6.07, 6.45) is 0.0824. The maximum Gasteiger partial charge on any atom is 0.311 e. The Labute approximate surface area is 93.0 Å². The van der Waals surface area contributed by atoms with Crippen LogP contribution in [0.4, 0.5) is 0 Å². The van der Waals surface area contributed by atoms with E-state index in [1.807, 2.05) is 18.2 Å². The van der Waals surface area contributed by atoms with Gasteiger partial charge in [-0.3, -0.25) is 4.79 Å². The Morgan fingerprint density at radius 2 is 2.19 bits per heavy atom. The molecule has 0 saturated carbocycles. The molecule has 16 heavy (non-hydrogen) atoms. The van der Waals surface area contributed by atoms with Gasteiger partial charge in [0.2, 0.25) is 0 Å². The molecule has 4 heteroatoms. The smallest absolute Gasteiger partial charge is 0.311 e. The van der Waals surface area contributed by atoms with Crippen LogP contribution in [0.3, 0.4) is 0 Å². The molecule has 84 valence electrons. The molecule has 0 bridgehead atoms. The van der Waals surface area contributed by atoms with Gasteiger partial charge in [0.05, 0.1) is 24.2 Å². The van der Waals surface area contributed by atoms with Crippen molar-refractivity contribution in [3.8, 4) is 0 Å². The van der Waals surface area contributed by atoms with Gasteiger partial charge in [-0.15, -0.1) is 0 Å². The number of carbonyl (C=O) groups excluding carboxylic acids is 1. The van der Waals surface area contributed by atoms with Gasteiger partial charge in [0.15, 0.2) is 0 Å². The Morgan fingerprint density at radius 3 is 2.88 bits per heavy atom. The van der Waals surface area contributed by atoms with Crippen LogP contribution in [0.15, 0.2) is 30.3 Å². The van der Waals surface area contributed by atoms with E-state index in [0.717, 1.165) is 10.1 Å². The zero-order valence-corrected chi connectivity index (χ0v) is 9.01. The summed E-state index contributed by atoms with van der Waals surface area (Å²) in [5.41, 5.74) is 1.24. The third-order valence-corrected chi connectivity index (χ3v) is 2.39. The molecule has 0 aliphatic carbocycles. The van der Waals surface area contributed by atoms with E-state index in [9.17, 15) is 10.0 Å². The van der Waals surface area contributed by atoms with Gasteiger partial charge >= 0.3 is 5.97 Å². The first kappa shape index (κ1) is 10.5. The van der Waals surface area contributed by atoms with Crippen molar-refractivity contribution in [2.45, 2.75) is 13.3 Å². The highest BCUT2D eigenvalue weighted by Gasteiger charge is 2.11. The number of ether oxygens (including phenoxy) is 1. The number of para-hydroxylation sites is 1. The van der Waals surface area contributed by atoms with E-state index in [0.29, 0.717) is 17.8 Å². The van der Waals surface area contributed by atoms with Gasteiger partial charge in [0, 0.05) is 5.39 Å². The van der Waals surface area contributed by atoms with Crippen LogP contribution in [0.2, 0.25) is 0 Å². The van der Waals surface area contributed by atoms with Crippen molar-refractivity contribution >= 4 is 16.9 Å². The van der Waals surface area contributed by atoms with Crippen LogP contribution in [-0.4, -0.2) is 22.5 Å². The molecule has 0 aliphatic heterocycles. The molecular formula is C12H13NO3. The number of rotatable bonds is 3. The molecule has 2 rings (SSSR count). The number of benzene rings is 1. The number of carbonyl (C=O) groups is 1. The molecule has 2 aromatic rings. The fourth-order valence-electron chi connectivity index (χ4n) is 1.68. The fraction of sp³-hybridized carbons (Fsp3) is 0.250. The molecule has 0 unspecified atom stereocenters. The van der Waals surface area contributed by atoms with Gasteiger partial charge in [-0.05, 0) is 19.1 Å². The number of hydrogen-bond acceptors (Lipinski definition) is 3. The SMILES string of the molecule is CCOC(=O)Cc1cc2ccccc2n1O. The summed E-state index contributed by atoms with van der Waals surface area (Å²) in [5, 5.41) is 10.7. The monoisotopic (exact) mass is 219 g/mol. The third-order valence-electron chi connectivity index (χ3n) is 2.39. The van der Waals surface area contributed by atoms with E-state index >= 15 is 0 Å². The largest absolute Gasteiger partial charge is 0.466 e. The lowest BCUT2D eigenvalue weighted by atomic mass is 10.2. The van der Waals surface area contributed by atoms with Crippen LogP contribution >= 0.6 is 0 Å². The number of esters is 1. The van der Waals surface area contributed by atoms with Crippen LogP contribution in [0, 0.1) is 0 Å². The van der Waals surface area contributed by atoms with E-state index in [1.54, 1.807) is 19.1 Å². The van der Waals surface area contributed by atoms with Gasteiger partial charge < -0.3 is 9.94 Å². The highest BCUT2D eigenvalue weighted by Crippen LogP contribution is 2.18. The van der Waals surface area contributed by atoms with Crippen molar-refractivity contribution in [2.75, 3.05) is 6.61 Å². The van der Waals surface area contributed by atoms with Crippen LogP contribution in [0.1, 0.15) is 12.6 Å². The maximum absolute atomic E-state index is 11.3. The molecular weight excluding hydrogens is 206 g/mol. The molecule has 1 N–H and O–H groups in total. The number of hydrogen-bond donors (Lipinski definition) is 1. The molecule has 0 saturated heterocycles. The van der Waals surface area contributed by atoms with Crippen LogP contribution < -0.4 is 0 Å². The summed E-state index contributed by atoms with van der Waals surface area (Å²) in [6, 6.07) is 9.19. The van der Waals surface area contributed by atoms with Gasteiger partial charge in [0.25, 0.3) is 0 Å². The Hall–Kier alpha value is -1.97. The quantitative estimate of drug-likeness (QED) is 0.634. The summed E-state index contributed by atoms with van der Waals surface area (Å²) in [4.78, 5) is 11.3. The van der Waals surface area contributed by atoms with Gasteiger partial charge in [-0.2, -0.15) is 4.73 Å². The molecule has 1 aromatic carbocycles. The average molecular weight is 219 g/mol. The van der Waals surface area contributed by atoms with Gasteiger partial charge in [0.1, 0.15) is 0 Å². The van der Waals surface area contributed by atoms with Crippen molar-refractivity contribution < 1.29 is 14.7 Å². The second kappa shape index (κ2) is 4.26. The summed E-state index contributed by atoms with van der Waals surface area (Å²) >= 11 is 0. The Morgan fingerprint density at radius 1 is 1.44 bits per heavy atom. The first-order chi connectivity index (χ1) is 7.72. The fourth-order valence-corrected chi connectivity index (χ4v) is 1.68. The molecule has 4 nitrogen and oxygen atoms in total. The highest BCUT2D eigenvalue weighted by molar-refractivity contribution is 5.83. The molecule has 0 atom stereocenters. The third kappa shape index (κ3) is 1.86. The number of aromatic nitrogens is 1. The Bertz CT molecular complexity index is 516. The number of nitrogens with zero attached hydrogens (tertiary/aromatic N) is 1. The zero-order valence-electron chi connectivity index (χ0n) is 9.01. The first-order valence-electron chi connectivity index (χ1n) is 5.16. The summed E-state index contributed by atoms with van der Waals surface area (Å²) in [5.74, 6) is -0.333. The van der Waals surface area contributed by atoms with Gasteiger partial charge in [-0.1, -0.05) is 18.2 Å². The predicted molar refractivity (Wildman–Crippen MR) is 59.5 cm³/mol. The van der Waals surface area contributed by atoms with Gasteiger partial charge in [-0.25, -0.2) is 0 Å². The van der Waals surface area contributed by atoms with E-state index in [1.165, 1.54) is 0 Å². The highest BCUT2D eigenvalue weighted by atomic mass is 16.5. The lowest BCUT2D eigenvalue weighted by Crippen LogP contribution is -2.10. The first-order valence-corrected chi connectivity index (χ1v) is 5.16. The second-order valence-electron chi connectivity index (χ2n) is 3.49. The molecule has 0 radical (unpaired) electrons. The van der Waals surface area contributed by atoms with E-state index < -0.39 is 0 Å². The molecule has 1 heterocycles. The predicted octanol–water partition coefficient (Wildman–Crippen LogP) is 1.98. The summed E-state index contributed by atoms with van der Waals surface area (Å²) in [6.45, 7) is 2.11.